The van der Waals surface area contributed by atoms with E-state index >= 15 is 0 Å². The molecule has 0 radical (unpaired) electrons. The average molecular weight is 815 g/mol. The molecule has 0 spiro atoms. The number of hydrogen-bond acceptors (Lipinski definition) is 5. The summed E-state index contributed by atoms with van der Waals surface area (Å²) in [6.07, 6.45) is 17.4. The lowest BCUT2D eigenvalue weighted by atomic mass is 9.77. The largest absolute Gasteiger partial charge is 0.493 e. The lowest BCUT2D eigenvalue weighted by Crippen LogP contribution is -2.32. The maximum absolute atomic E-state index is 12.1. The van der Waals surface area contributed by atoms with Gasteiger partial charge in [0, 0.05) is 11.0 Å². The SMILES string of the molecule is C=C(C)C(=O)OCCCc1cc(-c2ccc(-c3ccc(-c4ccc(C5CCC(CCCCC)CC5)cc4)c(CC)c3)cc2CC)ccc1OCCC(CO)(CO)CCCC. The summed E-state index contributed by atoms with van der Waals surface area (Å²) >= 11 is 0. The lowest BCUT2D eigenvalue weighted by molar-refractivity contribution is -0.139. The smallest absolute Gasteiger partial charge is 0.333 e. The number of aliphatic hydroxyl groups excluding tert-OH is 2. The molecule has 5 rings (SSSR count). The zero-order valence-corrected chi connectivity index (χ0v) is 37.6. The second kappa shape index (κ2) is 23.7. The van der Waals surface area contributed by atoms with Gasteiger partial charge < -0.3 is 19.7 Å². The molecule has 2 N–H and O–H groups in total. The van der Waals surface area contributed by atoms with Crippen molar-refractivity contribution >= 4 is 5.97 Å². The van der Waals surface area contributed by atoms with E-state index in [9.17, 15) is 15.0 Å². The molecule has 0 heterocycles. The predicted octanol–water partition coefficient (Wildman–Crippen LogP) is 13.6. The Hall–Kier alpha value is -4.19. The van der Waals surface area contributed by atoms with Crippen molar-refractivity contribution in [2.45, 2.75) is 143 Å². The van der Waals surface area contributed by atoms with Crippen LogP contribution in [0.1, 0.15) is 146 Å². The molecular weight excluding hydrogens is 741 g/mol. The molecule has 0 aliphatic heterocycles. The van der Waals surface area contributed by atoms with Crippen molar-refractivity contribution in [3.8, 4) is 39.1 Å². The van der Waals surface area contributed by atoms with E-state index in [1.54, 1.807) is 6.92 Å². The van der Waals surface area contributed by atoms with E-state index < -0.39 is 5.41 Å². The van der Waals surface area contributed by atoms with Gasteiger partial charge in [0.05, 0.1) is 26.4 Å². The third kappa shape index (κ3) is 12.7. The van der Waals surface area contributed by atoms with Crippen LogP contribution in [0.5, 0.6) is 5.75 Å². The number of hydrogen-bond donors (Lipinski definition) is 2. The zero-order chi connectivity index (χ0) is 42.9. The van der Waals surface area contributed by atoms with E-state index in [0.29, 0.717) is 44.0 Å². The van der Waals surface area contributed by atoms with E-state index in [1.807, 2.05) is 6.07 Å². The number of carbonyl (C=O) groups excluding carboxylic acids is 1. The Labute approximate surface area is 362 Å². The van der Waals surface area contributed by atoms with Crippen LogP contribution in [0.2, 0.25) is 0 Å². The minimum atomic E-state index is -0.555. The topological polar surface area (TPSA) is 76.0 Å². The first-order chi connectivity index (χ1) is 29.2. The summed E-state index contributed by atoms with van der Waals surface area (Å²) < 4.78 is 11.8. The Kier molecular flexibility index (Phi) is 18.5. The van der Waals surface area contributed by atoms with Gasteiger partial charge >= 0.3 is 5.97 Å². The number of aliphatic hydroxyl groups is 2. The maximum atomic E-state index is 12.1. The third-order valence-corrected chi connectivity index (χ3v) is 13.2. The van der Waals surface area contributed by atoms with Crippen LogP contribution in [-0.2, 0) is 28.8 Å². The highest BCUT2D eigenvalue weighted by molar-refractivity contribution is 5.86. The molecule has 0 unspecified atom stereocenters. The number of aryl methyl sites for hydroxylation is 3. The average Bonchev–Trinajstić information content (AvgIpc) is 3.29. The van der Waals surface area contributed by atoms with Crippen LogP contribution in [0.15, 0.2) is 91.0 Å². The molecule has 0 aromatic heterocycles. The summed E-state index contributed by atoms with van der Waals surface area (Å²) in [6.45, 7) is 14.8. The van der Waals surface area contributed by atoms with Gasteiger partial charge in [0.15, 0.2) is 0 Å². The highest BCUT2D eigenvalue weighted by Gasteiger charge is 2.28. The van der Waals surface area contributed by atoms with Crippen LogP contribution < -0.4 is 4.74 Å². The summed E-state index contributed by atoms with van der Waals surface area (Å²) in [6, 6.07) is 29.7. The van der Waals surface area contributed by atoms with Crippen molar-refractivity contribution in [1.82, 2.24) is 0 Å². The van der Waals surface area contributed by atoms with Gasteiger partial charge in [-0.15, -0.1) is 0 Å². The number of rotatable bonds is 24. The fourth-order valence-electron chi connectivity index (χ4n) is 9.15. The molecule has 60 heavy (non-hydrogen) atoms. The van der Waals surface area contributed by atoms with Crippen molar-refractivity contribution < 1.29 is 24.5 Å². The lowest BCUT2D eigenvalue weighted by Gasteiger charge is -2.30. The Balaban J connectivity index is 1.32. The normalized spacial score (nSPS) is 15.5. The maximum Gasteiger partial charge on any atom is 0.333 e. The number of benzene rings is 4. The molecule has 1 aliphatic carbocycles. The Bertz CT molecular complexity index is 1950. The number of esters is 1. The Morgan fingerprint density at radius 3 is 1.83 bits per heavy atom. The van der Waals surface area contributed by atoms with E-state index in [-0.39, 0.29) is 19.2 Å². The molecule has 0 bridgehead atoms. The summed E-state index contributed by atoms with van der Waals surface area (Å²) in [5.41, 5.74) is 12.4. The molecule has 1 aliphatic rings. The molecule has 1 saturated carbocycles. The quantitative estimate of drug-likeness (QED) is 0.0419. The second-order valence-corrected chi connectivity index (χ2v) is 17.6. The number of carbonyl (C=O) groups is 1. The molecule has 5 nitrogen and oxygen atoms in total. The van der Waals surface area contributed by atoms with Gasteiger partial charge in [-0.1, -0.05) is 140 Å². The van der Waals surface area contributed by atoms with E-state index in [0.717, 1.165) is 54.9 Å². The molecule has 5 heteroatoms. The Morgan fingerprint density at radius 2 is 1.25 bits per heavy atom. The van der Waals surface area contributed by atoms with Gasteiger partial charge in [-0.25, -0.2) is 4.79 Å². The standard InChI is InChI=1S/C55H74O5/c1-7-11-13-15-41-17-19-44(20-18-41)45-21-23-46(24-22-45)51-28-25-47(35-42(51)9-3)48-26-29-52(43(10-4)36-48)49-27-30-53(50(37-49)16-14-33-60-54(58)40(5)6)59-34-32-55(38-56,39-57)31-12-8-2/h21-30,35-37,41,44,56-57H,5,7-20,31-34,38-39H2,1-4,6H3. The van der Waals surface area contributed by atoms with Gasteiger partial charge in [0.25, 0.3) is 0 Å². The van der Waals surface area contributed by atoms with Crippen LogP contribution in [0.4, 0.5) is 0 Å². The van der Waals surface area contributed by atoms with Gasteiger partial charge in [-0.2, -0.15) is 0 Å². The van der Waals surface area contributed by atoms with Crippen molar-refractivity contribution in [3.63, 3.8) is 0 Å². The van der Waals surface area contributed by atoms with Crippen molar-refractivity contribution in [3.05, 3.63) is 113 Å². The zero-order valence-electron chi connectivity index (χ0n) is 37.6. The highest BCUT2D eigenvalue weighted by atomic mass is 16.5. The molecule has 4 aromatic carbocycles. The van der Waals surface area contributed by atoms with E-state index in [2.05, 4.69) is 107 Å². The second-order valence-electron chi connectivity index (χ2n) is 17.6. The predicted molar refractivity (Wildman–Crippen MR) is 251 cm³/mol. The summed E-state index contributed by atoms with van der Waals surface area (Å²) in [4.78, 5) is 12.1. The fraction of sp³-hybridized carbons (Fsp3) is 0.509. The molecule has 4 aromatic rings. The minimum absolute atomic E-state index is 0.0692. The minimum Gasteiger partial charge on any atom is -0.493 e. The van der Waals surface area contributed by atoms with Crippen LogP contribution in [-0.4, -0.2) is 42.6 Å². The molecule has 0 saturated heterocycles. The molecule has 1 fully saturated rings. The number of ether oxygens (including phenoxy) is 2. The molecular formula is C55H74O5. The van der Waals surface area contributed by atoms with Crippen LogP contribution in [0.25, 0.3) is 33.4 Å². The Morgan fingerprint density at radius 1 is 0.667 bits per heavy atom. The first-order valence-electron chi connectivity index (χ1n) is 23.3. The summed E-state index contributed by atoms with van der Waals surface area (Å²) in [5.74, 6) is 2.04. The first kappa shape index (κ1) is 46.9. The van der Waals surface area contributed by atoms with Crippen LogP contribution >= 0.6 is 0 Å². The monoisotopic (exact) mass is 815 g/mol. The van der Waals surface area contributed by atoms with Gasteiger partial charge in [-0.05, 0) is 151 Å². The van der Waals surface area contributed by atoms with Gasteiger partial charge in [0.2, 0.25) is 0 Å². The van der Waals surface area contributed by atoms with Crippen molar-refractivity contribution in [2.75, 3.05) is 26.4 Å². The van der Waals surface area contributed by atoms with Crippen LogP contribution in [0, 0.1) is 11.3 Å². The van der Waals surface area contributed by atoms with Crippen LogP contribution in [0.3, 0.4) is 0 Å². The summed E-state index contributed by atoms with van der Waals surface area (Å²) in [7, 11) is 0. The van der Waals surface area contributed by atoms with Gasteiger partial charge in [0.1, 0.15) is 5.75 Å². The number of unbranched alkanes of at least 4 members (excludes halogenated alkanes) is 3. The molecule has 0 amide bonds. The van der Waals surface area contributed by atoms with Crippen molar-refractivity contribution in [1.29, 1.82) is 0 Å². The van der Waals surface area contributed by atoms with Crippen molar-refractivity contribution in [2.24, 2.45) is 11.3 Å². The first-order valence-corrected chi connectivity index (χ1v) is 23.3. The van der Waals surface area contributed by atoms with E-state index in [4.69, 9.17) is 9.47 Å². The summed E-state index contributed by atoms with van der Waals surface area (Å²) in [5, 5.41) is 20.4. The molecule has 324 valence electrons. The third-order valence-electron chi connectivity index (χ3n) is 13.2. The van der Waals surface area contributed by atoms with E-state index in [1.165, 1.54) is 95.9 Å². The van der Waals surface area contributed by atoms with Gasteiger partial charge in [-0.3, -0.25) is 0 Å². The molecule has 0 atom stereocenters. The highest BCUT2D eigenvalue weighted by Crippen LogP contribution is 2.40. The fourth-order valence-corrected chi connectivity index (χ4v) is 9.15.